The molecule has 0 N–H and O–H groups in total. The predicted octanol–water partition coefficient (Wildman–Crippen LogP) is -1.24. The molecule has 0 aliphatic heterocycles. The van der Waals surface area contributed by atoms with Crippen LogP contribution in [0.3, 0.4) is 0 Å². The molecular formula is AlMgN2O6+3. The summed E-state index contributed by atoms with van der Waals surface area (Å²) in [6.45, 7) is 0. The molecule has 0 spiro atoms. The van der Waals surface area contributed by atoms with Crippen molar-refractivity contribution in [2.75, 3.05) is 0 Å². The van der Waals surface area contributed by atoms with E-state index in [-0.39, 0.29) is 40.4 Å². The Bertz CT molecular complexity index is 73.7. The van der Waals surface area contributed by atoms with Crippen molar-refractivity contribution in [3.63, 3.8) is 0 Å². The number of nitrogens with zero attached hydrogens (tertiary/aromatic N) is 2. The van der Waals surface area contributed by atoms with Crippen LogP contribution in [0.25, 0.3) is 0 Å². The van der Waals surface area contributed by atoms with Crippen LogP contribution in [0.4, 0.5) is 0 Å². The minimum atomic E-state index is -1.75. The molecule has 0 saturated carbocycles. The molecule has 0 aliphatic rings. The average Bonchev–Trinajstić information content (AvgIpc) is 1.25. The fourth-order valence-corrected chi connectivity index (χ4v) is 0. The molecule has 10 heavy (non-hydrogen) atoms. The summed E-state index contributed by atoms with van der Waals surface area (Å²) in [7, 11) is 0. The third-order valence-corrected chi connectivity index (χ3v) is 0. The van der Waals surface area contributed by atoms with E-state index in [2.05, 4.69) is 0 Å². The first kappa shape index (κ1) is 22.6. The number of hydrogen-bond acceptors (Lipinski definition) is 6. The van der Waals surface area contributed by atoms with Crippen molar-refractivity contribution >= 4 is 40.4 Å². The summed E-state index contributed by atoms with van der Waals surface area (Å²) in [4.78, 5) is 16.5. The Balaban J connectivity index is -0.0000000300. The molecule has 0 unspecified atom stereocenters. The van der Waals surface area contributed by atoms with Crippen LogP contribution in [0.5, 0.6) is 0 Å². The van der Waals surface area contributed by atoms with Gasteiger partial charge in [0.15, 0.2) is 0 Å². The van der Waals surface area contributed by atoms with Crippen LogP contribution in [0.2, 0.25) is 0 Å². The Morgan fingerprint density at radius 1 is 0.800 bits per heavy atom. The van der Waals surface area contributed by atoms with E-state index in [0.29, 0.717) is 0 Å². The van der Waals surface area contributed by atoms with E-state index in [1.54, 1.807) is 0 Å². The second-order valence-corrected chi connectivity index (χ2v) is 0.447. The fraction of sp³-hybridized carbons (Fsp3) is 0. The molecule has 8 nitrogen and oxygen atoms in total. The van der Waals surface area contributed by atoms with Crippen molar-refractivity contribution in [3.05, 3.63) is 30.6 Å². The molecule has 0 heterocycles. The minimum Gasteiger partial charge on any atom is -0.356 e. The van der Waals surface area contributed by atoms with Gasteiger partial charge in [0.05, 0.1) is 10.2 Å². The van der Waals surface area contributed by atoms with E-state index >= 15 is 0 Å². The Labute approximate surface area is 81.3 Å². The van der Waals surface area contributed by atoms with Crippen LogP contribution in [-0.2, 0) is 0 Å². The molecule has 0 aromatic carbocycles. The van der Waals surface area contributed by atoms with E-state index in [4.69, 9.17) is 30.6 Å². The van der Waals surface area contributed by atoms with Gasteiger partial charge in [0.25, 0.3) is 0 Å². The van der Waals surface area contributed by atoms with Gasteiger partial charge in [0.1, 0.15) is 0 Å². The average molecular weight is 175 g/mol. The minimum absolute atomic E-state index is 0. The zero-order chi connectivity index (χ0) is 7.15. The zero-order valence-corrected chi connectivity index (χ0v) is 7.20. The molecule has 0 saturated heterocycles. The standard InChI is InChI=1S/Al.Mg.2NO3/c;;2*2-1(3)4/q+3;+2;2*-1. The first-order chi connectivity index (χ1) is 3.46. The second kappa shape index (κ2) is 15.9. The van der Waals surface area contributed by atoms with Gasteiger partial charge in [-0.15, -0.1) is 0 Å². The molecule has 0 aromatic rings. The molecule has 0 aromatic heterocycles. The number of hydrogen-bond donors (Lipinski definition) is 0. The van der Waals surface area contributed by atoms with E-state index in [1.165, 1.54) is 0 Å². The summed E-state index contributed by atoms with van der Waals surface area (Å²) in [5.41, 5.74) is 0. The van der Waals surface area contributed by atoms with Gasteiger partial charge in [-0.2, -0.15) is 0 Å². The van der Waals surface area contributed by atoms with Gasteiger partial charge in [-0.25, -0.2) is 0 Å². The molecule has 0 bridgehead atoms. The molecule has 0 atom stereocenters. The first-order valence-corrected chi connectivity index (χ1v) is 1.10. The van der Waals surface area contributed by atoms with E-state index in [0.717, 1.165) is 0 Å². The third kappa shape index (κ3) is 3810. The maximum atomic E-state index is 8.25. The first-order valence-electron chi connectivity index (χ1n) is 1.10. The van der Waals surface area contributed by atoms with Gasteiger partial charge >= 0.3 is 40.4 Å². The fourth-order valence-electron chi connectivity index (χ4n) is 0. The summed E-state index contributed by atoms with van der Waals surface area (Å²) in [6, 6.07) is 0. The topological polar surface area (TPSA) is 132 Å². The van der Waals surface area contributed by atoms with Crippen molar-refractivity contribution in [3.8, 4) is 0 Å². The van der Waals surface area contributed by atoms with Crippen LogP contribution in [0.1, 0.15) is 0 Å². The molecule has 0 radical (unpaired) electrons. The van der Waals surface area contributed by atoms with Crippen molar-refractivity contribution in [1.29, 1.82) is 0 Å². The second-order valence-electron chi connectivity index (χ2n) is 0.447. The van der Waals surface area contributed by atoms with Gasteiger partial charge < -0.3 is 30.6 Å². The largest absolute Gasteiger partial charge is 3.00 e. The molecule has 10 heteroatoms. The Kier molecular flexibility index (Phi) is 35.9. The van der Waals surface area contributed by atoms with Crippen LogP contribution in [-0.4, -0.2) is 50.6 Å². The third-order valence-electron chi connectivity index (χ3n) is 0. The number of rotatable bonds is 0. The molecule has 48 valence electrons. The van der Waals surface area contributed by atoms with Crippen LogP contribution in [0.15, 0.2) is 0 Å². The molecule has 0 amide bonds. The van der Waals surface area contributed by atoms with Gasteiger partial charge in [-0.3, -0.25) is 0 Å². The summed E-state index contributed by atoms with van der Waals surface area (Å²) in [6.07, 6.45) is 0. The van der Waals surface area contributed by atoms with Crippen molar-refractivity contribution in [2.45, 2.75) is 0 Å². The van der Waals surface area contributed by atoms with Gasteiger partial charge in [-0.05, 0) is 0 Å². The Morgan fingerprint density at radius 2 is 0.800 bits per heavy atom. The van der Waals surface area contributed by atoms with Gasteiger partial charge in [0, 0.05) is 0 Å². The van der Waals surface area contributed by atoms with Crippen LogP contribution in [0, 0.1) is 30.6 Å². The Morgan fingerprint density at radius 3 is 0.800 bits per heavy atom. The van der Waals surface area contributed by atoms with E-state index in [1.807, 2.05) is 0 Å². The summed E-state index contributed by atoms with van der Waals surface area (Å²) >= 11 is 0. The Hall–Kier alpha value is -0.301. The smallest absolute Gasteiger partial charge is 0.356 e. The van der Waals surface area contributed by atoms with E-state index in [9.17, 15) is 0 Å². The molecule has 0 aliphatic carbocycles. The van der Waals surface area contributed by atoms with E-state index < -0.39 is 10.2 Å². The summed E-state index contributed by atoms with van der Waals surface area (Å²) < 4.78 is 0. The van der Waals surface area contributed by atoms with Gasteiger partial charge in [-0.1, -0.05) is 0 Å². The molecule has 0 fully saturated rings. The van der Waals surface area contributed by atoms with Gasteiger partial charge in [0.2, 0.25) is 0 Å². The predicted molar refractivity (Wildman–Crippen MR) is 32.2 cm³/mol. The maximum absolute atomic E-state index is 8.25. The molecular weight excluding hydrogens is 175 g/mol. The normalized spacial score (nSPS) is 4.80. The SMILES string of the molecule is O=[N+]([O-])[O-].O=[N+]([O-])[O-].[Al+3].[Mg+2]. The summed E-state index contributed by atoms with van der Waals surface area (Å²) in [5.74, 6) is 0. The molecule has 0 rings (SSSR count). The van der Waals surface area contributed by atoms with Crippen molar-refractivity contribution in [1.82, 2.24) is 0 Å². The maximum Gasteiger partial charge on any atom is 3.00 e. The van der Waals surface area contributed by atoms with Crippen molar-refractivity contribution < 1.29 is 10.2 Å². The van der Waals surface area contributed by atoms with Crippen LogP contribution >= 0.6 is 0 Å². The summed E-state index contributed by atoms with van der Waals surface area (Å²) in [5, 5.41) is 29.5. The quantitative estimate of drug-likeness (QED) is 0.257. The zero-order valence-electron chi connectivity index (χ0n) is 4.63. The monoisotopic (exact) mass is 175 g/mol. The van der Waals surface area contributed by atoms with Crippen LogP contribution < -0.4 is 0 Å². The van der Waals surface area contributed by atoms with Crippen molar-refractivity contribution in [2.24, 2.45) is 0 Å².